The van der Waals surface area contributed by atoms with Crippen molar-refractivity contribution in [3.05, 3.63) is 0 Å². The number of aliphatic hydroxyl groups excluding tert-OH is 2. The summed E-state index contributed by atoms with van der Waals surface area (Å²) in [5, 5.41) is 65.9. The number of nitrogens with zero attached hydrogens (tertiary/aromatic N) is 3. The number of alkyl halides is 1. The minimum atomic E-state index is -1.77. The highest BCUT2D eigenvalue weighted by Gasteiger charge is 2.48. The standard InChI is InChI=1S/C66H112BrN17O18S2/c1-12-33(4)47(78-45(87)29-67)58(97)77-41(32-103)55(94)76-39(30-85)53(92)72-36(19-15-23-71-64(69)70)52(91)75-40(31-86)54(93)74-38(28-65(7,8)9)61(100)84-26-18-22-44(84)62(101)82-24-16-21-43(82)57(96)79-48(34(5)13-2)59(98)81-50(66(10,11)104)60(99)80-49(35(6)14-3)63(102)83-25-17-20-42(83)56(95)73-37(51(68)90)27-46(88)89/h33-44,47-50,85-86,103-104H,12-32H2,1-11H3,(H2,68,90)(H,72,92)(H,73,95)(H,74,93)(H,75,91)(H,76,94)(H,77,97)(H,78,87)(H,79,96)(H,80,99)(H,81,98)(H,88,89)(H4,69,70,71)/t33-,34-,35-,36-,37-,38-,39-,40-,41-,42-,43-,44-,47-,48-,49-,50+/m0/s1. The van der Waals surface area contributed by atoms with Gasteiger partial charge in [0.15, 0.2) is 5.96 Å². The number of carboxylic acids is 1. The van der Waals surface area contributed by atoms with E-state index in [1.54, 1.807) is 76.2 Å². The van der Waals surface area contributed by atoms with Crippen molar-refractivity contribution >= 4 is 136 Å². The number of nitrogens with two attached hydrogens (primary N) is 2. The second-order valence-corrected chi connectivity index (χ2v) is 30.7. The summed E-state index contributed by atoms with van der Waals surface area (Å²) in [6.07, 6.45) is 1.73. The Morgan fingerprint density at radius 2 is 0.971 bits per heavy atom. The molecule has 3 saturated heterocycles. The van der Waals surface area contributed by atoms with Crippen LogP contribution >= 0.6 is 41.2 Å². The Labute approximate surface area is 626 Å². The zero-order valence-corrected chi connectivity index (χ0v) is 64.7. The lowest BCUT2D eigenvalue weighted by Gasteiger charge is -2.36. The quantitative estimate of drug-likeness (QED) is 0.00934. The summed E-state index contributed by atoms with van der Waals surface area (Å²) in [6, 6.07) is -17.8. The second-order valence-electron chi connectivity index (χ2n) is 28.6. The third-order valence-electron chi connectivity index (χ3n) is 18.8. The summed E-state index contributed by atoms with van der Waals surface area (Å²) in [6.45, 7) is 17.1. The maximum atomic E-state index is 14.9. The minimum Gasteiger partial charge on any atom is -0.481 e. The molecule has 0 saturated carbocycles. The van der Waals surface area contributed by atoms with E-state index in [1.165, 1.54) is 14.7 Å². The molecule has 3 fully saturated rings. The number of guanidine groups is 1. The topological polar surface area (TPSA) is 535 Å². The van der Waals surface area contributed by atoms with Gasteiger partial charge in [-0.1, -0.05) is 97.5 Å². The van der Waals surface area contributed by atoms with Crippen LogP contribution in [0.25, 0.3) is 0 Å². The number of carbonyl (C=O) groups excluding carboxylic acids is 14. The third kappa shape index (κ3) is 27.1. The molecule has 0 spiro atoms. The van der Waals surface area contributed by atoms with Crippen molar-refractivity contribution < 1.29 is 87.2 Å². The van der Waals surface area contributed by atoms with Crippen molar-refractivity contribution in [3.63, 3.8) is 0 Å². The highest BCUT2D eigenvalue weighted by Crippen LogP contribution is 2.30. The Kier molecular flexibility index (Phi) is 37.1. The average Bonchev–Trinajstić information content (AvgIpc) is 1.57. The number of carboxylic acid groups (broad SMARTS) is 1. The van der Waals surface area contributed by atoms with Gasteiger partial charge < -0.3 is 100.0 Å². The fourth-order valence-electron chi connectivity index (χ4n) is 12.3. The van der Waals surface area contributed by atoms with Crippen LogP contribution in [0, 0.1) is 28.6 Å². The minimum absolute atomic E-state index is 0.0171. The lowest BCUT2D eigenvalue weighted by atomic mass is 9.87. The first kappa shape index (κ1) is 90.6. The molecular formula is C66H112BrN17O18S2. The Hall–Kier alpha value is -7.58. The molecule has 19 N–H and O–H groups in total. The van der Waals surface area contributed by atoms with E-state index in [1.807, 2.05) is 0 Å². The largest absolute Gasteiger partial charge is 0.481 e. The van der Waals surface area contributed by atoms with Crippen molar-refractivity contribution in [3.8, 4) is 0 Å². The van der Waals surface area contributed by atoms with E-state index in [2.05, 4.69) is 99.7 Å². The Morgan fingerprint density at radius 3 is 1.44 bits per heavy atom. The number of hydrogen-bond donors (Lipinski definition) is 19. The molecule has 0 radical (unpaired) electrons. The Balaban J connectivity index is 1.85. The van der Waals surface area contributed by atoms with Crippen LogP contribution < -0.4 is 70.0 Å². The number of primary amides is 1. The molecule has 3 aliphatic heterocycles. The van der Waals surface area contributed by atoms with Crippen LogP contribution in [0.1, 0.15) is 160 Å². The monoisotopic (exact) mass is 1570 g/mol. The fraction of sp³-hybridized carbons (Fsp3) is 0.758. The highest BCUT2D eigenvalue weighted by atomic mass is 79.9. The summed E-state index contributed by atoms with van der Waals surface area (Å²) < 4.78 is -1.32. The van der Waals surface area contributed by atoms with Gasteiger partial charge in [0.2, 0.25) is 82.7 Å². The van der Waals surface area contributed by atoms with Crippen LogP contribution in [0.2, 0.25) is 0 Å². The van der Waals surface area contributed by atoms with Crippen LogP contribution in [0.5, 0.6) is 0 Å². The first-order valence-electron chi connectivity index (χ1n) is 35.3. The predicted molar refractivity (Wildman–Crippen MR) is 391 cm³/mol. The zero-order valence-electron chi connectivity index (χ0n) is 61.3. The first-order chi connectivity index (χ1) is 48.6. The molecule has 0 bridgehead atoms. The third-order valence-corrected chi connectivity index (χ3v) is 19.9. The van der Waals surface area contributed by atoms with Gasteiger partial charge in [-0.05, 0) is 94.8 Å². The van der Waals surface area contributed by atoms with E-state index in [0.717, 1.165) is 0 Å². The number of thiol groups is 2. The maximum Gasteiger partial charge on any atom is 0.305 e. The van der Waals surface area contributed by atoms with Gasteiger partial charge in [-0.2, -0.15) is 25.3 Å². The number of rotatable bonds is 41. The Bertz CT molecular complexity index is 3070. The zero-order chi connectivity index (χ0) is 78.8. The summed E-state index contributed by atoms with van der Waals surface area (Å²) in [7, 11) is 0. The van der Waals surface area contributed by atoms with Gasteiger partial charge in [-0.15, -0.1) is 0 Å². The SMILES string of the molecule is CC[C@H](C)[C@H](NC(=O)CBr)C(=O)N[C@@H](CS)C(=O)N[C@@H](CO)C(=O)N[C@@H](CCCNC(=N)N)C(=O)N[C@@H](CO)C(=O)N[C@@H](CC(C)(C)C)C(=O)N1CCC[C@H]1C(=O)N1CCC[C@H]1C(=O)N[C@H](C(=O)N[C@H](C(=O)N[C@H](C(=O)N1CCC[C@H]1C(=O)N[C@@H](CC(=O)O)C(N)=O)[C@@H](C)CC)C(C)(C)S)[C@@H](C)CC. The van der Waals surface area contributed by atoms with Crippen molar-refractivity contribution in [2.75, 3.05) is 50.5 Å². The molecule has 0 aromatic rings. The van der Waals surface area contributed by atoms with E-state index in [0.29, 0.717) is 38.5 Å². The van der Waals surface area contributed by atoms with Crippen molar-refractivity contribution in [2.45, 2.75) is 243 Å². The van der Waals surface area contributed by atoms with E-state index < -0.39 is 215 Å². The Morgan fingerprint density at radius 1 is 0.538 bits per heavy atom. The number of aliphatic carboxylic acids is 1. The highest BCUT2D eigenvalue weighted by molar-refractivity contribution is 9.09. The molecule has 104 heavy (non-hydrogen) atoms. The molecule has 0 aromatic carbocycles. The smallest absolute Gasteiger partial charge is 0.305 e. The van der Waals surface area contributed by atoms with E-state index >= 15 is 0 Å². The number of halogens is 1. The molecule has 0 aliphatic carbocycles. The number of amides is 14. The van der Waals surface area contributed by atoms with Crippen molar-refractivity contribution in [1.82, 2.24) is 73.2 Å². The lowest BCUT2D eigenvalue weighted by Crippen LogP contribution is -2.64. The molecule has 588 valence electrons. The molecule has 14 amide bonds. The first-order valence-corrected chi connectivity index (χ1v) is 37.5. The maximum absolute atomic E-state index is 14.9. The molecule has 3 heterocycles. The van der Waals surface area contributed by atoms with Gasteiger partial charge in [-0.25, -0.2) is 0 Å². The molecule has 3 aliphatic rings. The van der Waals surface area contributed by atoms with Gasteiger partial charge in [-0.3, -0.25) is 77.3 Å². The second kappa shape index (κ2) is 42.5. The number of carbonyl (C=O) groups is 15. The van der Waals surface area contributed by atoms with Gasteiger partial charge in [0.25, 0.3) is 0 Å². The van der Waals surface area contributed by atoms with Crippen LogP contribution in [0.4, 0.5) is 0 Å². The van der Waals surface area contributed by atoms with Gasteiger partial charge in [0.05, 0.1) is 25.0 Å². The van der Waals surface area contributed by atoms with Gasteiger partial charge >= 0.3 is 5.97 Å². The summed E-state index contributed by atoms with van der Waals surface area (Å²) >= 11 is 11.9. The van der Waals surface area contributed by atoms with E-state index in [9.17, 15) is 87.2 Å². The summed E-state index contributed by atoms with van der Waals surface area (Å²) in [5.41, 5.74) is 10.1. The summed E-state index contributed by atoms with van der Waals surface area (Å²) in [4.78, 5) is 210. The van der Waals surface area contributed by atoms with Crippen LogP contribution in [0.3, 0.4) is 0 Å². The van der Waals surface area contributed by atoms with Crippen LogP contribution in [0.15, 0.2) is 0 Å². The molecule has 38 heteroatoms. The average molecular weight is 1580 g/mol. The van der Waals surface area contributed by atoms with E-state index in [4.69, 9.17) is 16.9 Å². The fourth-order valence-corrected chi connectivity index (χ4v) is 12.9. The normalized spacial score (nSPS) is 19.7. The molecular weight excluding hydrogens is 1460 g/mol. The molecule has 3 rings (SSSR count). The van der Waals surface area contributed by atoms with Crippen molar-refractivity contribution in [1.29, 1.82) is 5.41 Å². The number of nitrogens with one attached hydrogen (secondary N) is 12. The number of hydrogen-bond acceptors (Lipinski definition) is 20. The van der Waals surface area contributed by atoms with Crippen LogP contribution in [-0.4, -0.2) is 258 Å². The summed E-state index contributed by atoms with van der Waals surface area (Å²) in [5.74, 6) is -15.1. The van der Waals surface area contributed by atoms with Crippen LogP contribution in [-0.2, 0) is 71.9 Å². The van der Waals surface area contributed by atoms with Gasteiger partial charge in [0.1, 0.15) is 78.5 Å². The van der Waals surface area contributed by atoms with Crippen molar-refractivity contribution in [2.24, 2.45) is 34.6 Å². The molecule has 0 aromatic heterocycles. The molecule has 0 unspecified atom stereocenters. The molecule has 16 atom stereocenters. The molecule has 35 nitrogen and oxygen atoms in total. The number of likely N-dealkylation sites (tertiary alicyclic amines) is 3. The lowest BCUT2D eigenvalue weighted by molar-refractivity contribution is -0.148. The predicted octanol–water partition coefficient (Wildman–Crippen LogP) is -3.38. The van der Waals surface area contributed by atoms with E-state index in [-0.39, 0.29) is 81.7 Å². The van der Waals surface area contributed by atoms with Gasteiger partial charge in [0, 0.05) is 36.7 Å². The number of aliphatic hydroxyl groups is 2.